The van der Waals surface area contributed by atoms with Gasteiger partial charge in [0.05, 0.1) is 5.69 Å². The van der Waals surface area contributed by atoms with Crippen molar-refractivity contribution in [2.45, 2.75) is 39.0 Å². The van der Waals surface area contributed by atoms with Crippen LogP contribution in [0.3, 0.4) is 0 Å². The number of ether oxygens (including phenoxy) is 1. The highest BCUT2D eigenvalue weighted by molar-refractivity contribution is 7.21. The zero-order valence-corrected chi connectivity index (χ0v) is 27.0. The van der Waals surface area contributed by atoms with Gasteiger partial charge in [-0.05, 0) is 59.5 Å². The Kier molecular flexibility index (Phi) is 8.57. The van der Waals surface area contributed by atoms with Gasteiger partial charge >= 0.3 is 6.18 Å². The summed E-state index contributed by atoms with van der Waals surface area (Å²) in [6.07, 6.45) is -4.75. The van der Waals surface area contributed by atoms with Crippen molar-refractivity contribution >= 4 is 39.1 Å². The second-order valence-corrected chi connectivity index (χ2v) is 12.8. The number of amides is 2. The van der Waals surface area contributed by atoms with E-state index in [9.17, 15) is 22.8 Å². The second-order valence-electron chi connectivity index (χ2n) is 11.8. The molecule has 3 N–H and O–H groups in total. The molecule has 0 fully saturated rings. The number of nitrogens with zero attached hydrogens (tertiary/aromatic N) is 1. The Morgan fingerprint density at radius 2 is 1.58 bits per heavy atom. The van der Waals surface area contributed by atoms with Crippen molar-refractivity contribution < 1.29 is 31.9 Å². The third-order valence-corrected chi connectivity index (χ3v) is 9.21. The Hall–Kier alpha value is -5.42. The summed E-state index contributed by atoms with van der Waals surface area (Å²) in [5, 5.41) is 2.81. The summed E-state index contributed by atoms with van der Waals surface area (Å²) in [5.41, 5.74) is 8.02. The Morgan fingerprint density at radius 3 is 2.23 bits per heavy atom. The number of alkyl halides is 3. The predicted octanol–water partition coefficient (Wildman–Crippen LogP) is 9.14. The van der Waals surface area contributed by atoms with E-state index in [1.807, 2.05) is 49.4 Å². The van der Waals surface area contributed by atoms with Crippen LogP contribution in [0.25, 0.3) is 21.3 Å². The summed E-state index contributed by atoms with van der Waals surface area (Å²) in [7, 11) is 0. The van der Waals surface area contributed by atoms with Crippen LogP contribution < -0.4 is 15.8 Å². The van der Waals surface area contributed by atoms with Crippen molar-refractivity contribution in [1.82, 2.24) is 4.98 Å². The molecule has 7 nitrogen and oxygen atoms in total. The van der Waals surface area contributed by atoms with Crippen LogP contribution in [0.1, 0.15) is 62.2 Å². The average molecular weight is 670 g/mol. The topological polar surface area (TPSA) is 107 Å². The maximum absolute atomic E-state index is 13.8. The van der Waals surface area contributed by atoms with E-state index in [0.29, 0.717) is 28.4 Å². The zero-order chi connectivity index (χ0) is 34.2. The quantitative estimate of drug-likeness (QED) is 0.160. The van der Waals surface area contributed by atoms with Gasteiger partial charge < -0.3 is 20.2 Å². The van der Waals surface area contributed by atoms with Gasteiger partial charge in [0, 0.05) is 10.8 Å². The highest BCUT2D eigenvalue weighted by Crippen LogP contribution is 2.44. The second kappa shape index (κ2) is 12.6. The van der Waals surface area contributed by atoms with Gasteiger partial charge in [0.2, 0.25) is 0 Å². The number of primary amides is 1. The van der Waals surface area contributed by atoms with Crippen LogP contribution in [-0.2, 0) is 18.2 Å². The minimum absolute atomic E-state index is 0.0321. The van der Waals surface area contributed by atoms with Crippen LogP contribution in [0.5, 0.6) is 5.75 Å². The molecule has 6 aromatic rings. The summed E-state index contributed by atoms with van der Waals surface area (Å²) in [6, 6.07) is 28.7. The SMILES string of the molecule is Cc1ccc(-c2cc(C(F)(F)F)nc3sc(C(N)=O)c(NC(=O)c4ccc(COc5ccc(C(C)(C)c6ccccc6)cc5)o4)c23)cc1. The number of fused-ring (bicyclic) bond motifs is 1. The molecule has 244 valence electrons. The van der Waals surface area contributed by atoms with Crippen LogP contribution in [-0.4, -0.2) is 16.8 Å². The summed E-state index contributed by atoms with van der Waals surface area (Å²) in [6.45, 7) is 6.18. The number of carbonyl (C=O) groups excluding carboxylic acids is 2. The molecular weight excluding hydrogens is 639 g/mol. The molecule has 0 saturated heterocycles. The Bertz CT molecular complexity index is 2120. The molecule has 6 rings (SSSR count). The monoisotopic (exact) mass is 669 g/mol. The van der Waals surface area contributed by atoms with Crippen molar-refractivity contribution in [2.24, 2.45) is 5.73 Å². The third-order valence-electron chi connectivity index (χ3n) is 8.12. The number of halogens is 3. The van der Waals surface area contributed by atoms with Crippen molar-refractivity contribution in [3.05, 3.63) is 136 Å². The molecule has 0 aliphatic carbocycles. The minimum atomic E-state index is -4.75. The summed E-state index contributed by atoms with van der Waals surface area (Å²) in [4.78, 5) is 29.4. The van der Waals surface area contributed by atoms with Gasteiger partial charge in [-0.15, -0.1) is 11.3 Å². The lowest BCUT2D eigenvalue weighted by atomic mass is 9.78. The Balaban J connectivity index is 1.24. The van der Waals surface area contributed by atoms with Crippen LogP contribution in [0.15, 0.2) is 101 Å². The third kappa shape index (κ3) is 6.54. The van der Waals surface area contributed by atoms with Crippen molar-refractivity contribution in [3.8, 4) is 16.9 Å². The molecule has 0 atom stereocenters. The molecule has 0 aliphatic rings. The number of aromatic nitrogens is 1. The number of aryl methyl sites for hydroxylation is 1. The number of nitrogens with one attached hydrogen (secondary N) is 1. The lowest BCUT2D eigenvalue weighted by Gasteiger charge is -2.26. The van der Waals surface area contributed by atoms with E-state index in [1.54, 1.807) is 30.3 Å². The van der Waals surface area contributed by atoms with Crippen molar-refractivity contribution in [1.29, 1.82) is 0 Å². The largest absolute Gasteiger partial charge is 0.486 e. The van der Waals surface area contributed by atoms with Crippen LogP contribution >= 0.6 is 11.3 Å². The lowest BCUT2D eigenvalue weighted by molar-refractivity contribution is -0.140. The lowest BCUT2D eigenvalue weighted by Crippen LogP contribution is -2.18. The molecule has 11 heteroatoms. The normalized spacial score (nSPS) is 11.9. The maximum Gasteiger partial charge on any atom is 0.433 e. The molecule has 48 heavy (non-hydrogen) atoms. The fourth-order valence-corrected chi connectivity index (χ4v) is 6.40. The van der Waals surface area contributed by atoms with E-state index in [2.05, 4.69) is 36.3 Å². The number of furan rings is 1. The number of hydrogen-bond donors (Lipinski definition) is 2. The molecule has 0 radical (unpaired) electrons. The van der Waals surface area contributed by atoms with E-state index in [1.165, 1.54) is 11.6 Å². The molecular formula is C37H30F3N3O4S. The number of thiophene rings is 1. The highest BCUT2D eigenvalue weighted by atomic mass is 32.1. The molecule has 2 amide bonds. The van der Waals surface area contributed by atoms with Gasteiger partial charge in [-0.3, -0.25) is 9.59 Å². The molecule has 3 aromatic heterocycles. The first-order chi connectivity index (χ1) is 22.8. The van der Waals surface area contributed by atoms with E-state index in [-0.39, 0.29) is 44.1 Å². The van der Waals surface area contributed by atoms with Gasteiger partial charge in [0.25, 0.3) is 11.8 Å². The van der Waals surface area contributed by atoms with E-state index >= 15 is 0 Å². The summed E-state index contributed by atoms with van der Waals surface area (Å²) >= 11 is 0.672. The number of rotatable bonds is 9. The number of hydrogen-bond acceptors (Lipinski definition) is 6. The predicted molar refractivity (Wildman–Crippen MR) is 179 cm³/mol. The van der Waals surface area contributed by atoms with Gasteiger partial charge in [-0.2, -0.15) is 13.2 Å². The van der Waals surface area contributed by atoms with E-state index in [0.717, 1.165) is 17.2 Å². The first-order valence-electron chi connectivity index (χ1n) is 14.9. The van der Waals surface area contributed by atoms with Crippen molar-refractivity contribution in [2.75, 3.05) is 5.32 Å². The number of carbonyl (C=O) groups is 2. The number of benzene rings is 3. The van der Waals surface area contributed by atoms with Crippen LogP contribution in [0, 0.1) is 6.92 Å². The average Bonchev–Trinajstić information content (AvgIpc) is 3.69. The number of anilines is 1. The molecule has 3 heterocycles. The molecule has 0 unspecified atom stereocenters. The van der Waals surface area contributed by atoms with Gasteiger partial charge in [-0.1, -0.05) is 86.1 Å². The van der Waals surface area contributed by atoms with Crippen molar-refractivity contribution in [3.63, 3.8) is 0 Å². The number of nitrogens with two attached hydrogens (primary N) is 1. The standard InChI is InChI=1S/C37H30F3N3O4S/c1-21-9-11-22(12-10-21)27-19-29(37(38,39)40)42-35-30(27)31(32(48-35)33(41)44)43-34(45)28-18-17-26(47-28)20-46-25-15-13-24(14-16-25)36(2,3)23-7-5-4-6-8-23/h4-19H,20H2,1-3H3,(H2,41,44)(H,43,45). The molecule has 0 aliphatic heterocycles. The fourth-order valence-electron chi connectivity index (χ4n) is 5.39. The first kappa shape index (κ1) is 32.5. The molecule has 3 aromatic carbocycles. The fraction of sp³-hybridized carbons (Fsp3) is 0.162. The van der Waals surface area contributed by atoms with Gasteiger partial charge in [-0.25, -0.2) is 4.98 Å². The van der Waals surface area contributed by atoms with Crippen LogP contribution in [0.2, 0.25) is 0 Å². The van der Waals surface area contributed by atoms with E-state index in [4.69, 9.17) is 14.9 Å². The minimum Gasteiger partial charge on any atom is -0.486 e. The van der Waals surface area contributed by atoms with Crippen LogP contribution in [0.4, 0.5) is 18.9 Å². The zero-order valence-electron chi connectivity index (χ0n) is 26.1. The Labute approximate surface area is 278 Å². The Morgan fingerprint density at radius 1 is 0.917 bits per heavy atom. The summed E-state index contributed by atoms with van der Waals surface area (Å²) in [5.74, 6) is -0.791. The molecule has 0 spiro atoms. The smallest absolute Gasteiger partial charge is 0.433 e. The molecule has 0 saturated carbocycles. The summed E-state index contributed by atoms with van der Waals surface area (Å²) < 4.78 is 53.1. The maximum atomic E-state index is 13.8. The molecule has 0 bridgehead atoms. The van der Waals surface area contributed by atoms with Gasteiger partial charge in [0.15, 0.2) is 5.76 Å². The number of pyridine rings is 1. The highest BCUT2D eigenvalue weighted by Gasteiger charge is 2.35. The van der Waals surface area contributed by atoms with Gasteiger partial charge in [0.1, 0.15) is 33.5 Å². The van der Waals surface area contributed by atoms with E-state index < -0.39 is 23.7 Å². The first-order valence-corrected chi connectivity index (χ1v) is 15.7.